The van der Waals surface area contributed by atoms with Gasteiger partial charge in [0.15, 0.2) is 10.1 Å². The molecule has 0 amide bonds. The first kappa shape index (κ1) is 11.7. The third-order valence-electron chi connectivity index (χ3n) is 2.14. The number of anilines is 1. The largest absolute Gasteiger partial charge is 0.497 e. The maximum atomic E-state index is 5.66. The van der Waals surface area contributed by atoms with Crippen LogP contribution in [-0.4, -0.2) is 17.3 Å². The molecule has 0 fully saturated rings. The fourth-order valence-electron chi connectivity index (χ4n) is 1.38. The molecule has 0 atom stereocenters. The number of ether oxygens (including phenoxy) is 1. The van der Waals surface area contributed by atoms with Gasteiger partial charge in [-0.3, -0.25) is 0 Å². The van der Waals surface area contributed by atoms with Crippen LogP contribution in [0, 0.1) is 0 Å². The number of aromatic nitrogens is 1. The molecule has 1 aromatic carbocycles. The molecular weight excluding hydrogens is 254 g/mol. The Kier molecular flexibility index (Phi) is 3.49. The minimum absolute atomic E-state index is 0.458. The lowest BCUT2D eigenvalue weighted by atomic mass is 10.1. The van der Waals surface area contributed by atoms with Gasteiger partial charge >= 0.3 is 0 Å². The number of nitrogens with two attached hydrogens (primary N) is 1. The molecule has 0 saturated carbocycles. The molecular formula is C11H9N3OS2. The van der Waals surface area contributed by atoms with Crippen LogP contribution >= 0.6 is 23.6 Å². The van der Waals surface area contributed by atoms with Crippen molar-refractivity contribution in [3.05, 3.63) is 24.3 Å². The van der Waals surface area contributed by atoms with Crippen LogP contribution in [0.2, 0.25) is 0 Å². The molecule has 4 nitrogen and oxygen atoms in total. The second-order valence-electron chi connectivity index (χ2n) is 3.14. The highest BCUT2D eigenvalue weighted by Gasteiger charge is 2.10. The first-order valence-electron chi connectivity index (χ1n) is 4.73. The van der Waals surface area contributed by atoms with Crippen LogP contribution in [0.4, 0.5) is 10.1 Å². The summed E-state index contributed by atoms with van der Waals surface area (Å²) in [5.74, 6) is 0.789. The Morgan fingerprint density at radius 3 is 2.71 bits per heavy atom. The van der Waals surface area contributed by atoms with Gasteiger partial charge in [0, 0.05) is 5.56 Å². The van der Waals surface area contributed by atoms with E-state index in [0.29, 0.717) is 15.8 Å². The molecule has 1 heterocycles. The van der Waals surface area contributed by atoms with Crippen LogP contribution in [-0.2, 0) is 0 Å². The van der Waals surface area contributed by atoms with Crippen LogP contribution in [0.15, 0.2) is 29.3 Å². The number of nitrogens with zero attached hydrogens (tertiary/aromatic N) is 2. The number of benzene rings is 1. The van der Waals surface area contributed by atoms with Gasteiger partial charge in [-0.1, -0.05) is 11.3 Å². The van der Waals surface area contributed by atoms with Gasteiger partial charge in [0.2, 0.25) is 0 Å². The van der Waals surface area contributed by atoms with Crippen molar-refractivity contribution in [3.63, 3.8) is 0 Å². The van der Waals surface area contributed by atoms with Crippen molar-refractivity contribution in [2.24, 2.45) is 4.99 Å². The number of thiazole rings is 1. The van der Waals surface area contributed by atoms with Crippen LogP contribution in [0.5, 0.6) is 5.75 Å². The summed E-state index contributed by atoms with van der Waals surface area (Å²) in [4.78, 5) is 8.19. The van der Waals surface area contributed by atoms with Crippen molar-refractivity contribution in [3.8, 4) is 17.0 Å². The fourth-order valence-corrected chi connectivity index (χ4v) is 2.22. The minimum atomic E-state index is 0.458. The summed E-state index contributed by atoms with van der Waals surface area (Å²) in [5.41, 5.74) is 7.30. The van der Waals surface area contributed by atoms with Gasteiger partial charge in [-0.2, -0.15) is 4.99 Å². The van der Waals surface area contributed by atoms with E-state index in [1.807, 2.05) is 24.3 Å². The molecule has 0 unspecified atom stereocenters. The first-order valence-corrected chi connectivity index (χ1v) is 5.95. The summed E-state index contributed by atoms with van der Waals surface area (Å²) >= 11 is 5.88. The second kappa shape index (κ2) is 5.05. The van der Waals surface area contributed by atoms with Crippen molar-refractivity contribution in [1.29, 1.82) is 0 Å². The van der Waals surface area contributed by atoms with Crippen molar-refractivity contribution in [2.45, 2.75) is 0 Å². The van der Waals surface area contributed by atoms with Crippen molar-refractivity contribution >= 4 is 38.8 Å². The summed E-state index contributed by atoms with van der Waals surface area (Å²) in [7, 11) is 1.62. The standard InChI is InChI=1S/C11H9N3OS2/c1-15-8-4-2-7(3-5-8)9-10(13-6-16)17-11(12)14-9/h2-5H,1H3,(H2,12,14). The SMILES string of the molecule is COc1ccc(-c2nc(N)sc2N=C=S)cc1. The average molecular weight is 263 g/mol. The predicted octanol–water partition coefficient (Wildman–Crippen LogP) is 3.14. The molecule has 2 N–H and O–H groups in total. The highest BCUT2D eigenvalue weighted by Crippen LogP contribution is 2.36. The van der Waals surface area contributed by atoms with E-state index in [1.165, 1.54) is 11.3 Å². The van der Waals surface area contributed by atoms with Gasteiger partial charge in [-0.05, 0) is 36.5 Å². The lowest BCUT2D eigenvalue weighted by Crippen LogP contribution is -1.84. The Balaban J connectivity index is 2.47. The van der Waals surface area contributed by atoms with E-state index in [0.717, 1.165) is 11.3 Å². The quantitative estimate of drug-likeness (QED) is 0.682. The molecule has 0 saturated heterocycles. The molecule has 0 bridgehead atoms. The Labute approximate surface area is 108 Å². The van der Waals surface area contributed by atoms with Gasteiger partial charge in [-0.25, -0.2) is 4.98 Å². The molecule has 0 spiro atoms. The zero-order chi connectivity index (χ0) is 12.3. The number of thiocarbonyl (C=S) groups is 1. The smallest absolute Gasteiger partial charge is 0.182 e. The lowest BCUT2D eigenvalue weighted by Gasteiger charge is -2.01. The first-order chi connectivity index (χ1) is 8.24. The average Bonchev–Trinajstić information content (AvgIpc) is 2.71. The molecule has 2 aromatic rings. The van der Waals surface area contributed by atoms with Crippen LogP contribution in [0.1, 0.15) is 0 Å². The van der Waals surface area contributed by atoms with E-state index in [1.54, 1.807) is 7.11 Å². The summed E-state index contributed by atoms with van der Waals surface area (Å²) in [5, 5.41) is 3.46. The summed E-state index contributed by atoms with van der Waals surface area (Å²) in [6, 6.07) is 7.51. The zero-order valence-electron chi connectivity index (χ0n) is 9.01. The normalized spacial score (nSPS) is 9.71. The highest BCUT2D eigenvalue weighted by molar-refractivity contribution is 7.78. The third kappa shape index (κ3) is 2.50. The molecule has 86 valence electrons. The molecule has 0 aliphatic heterocycles. The maximum Gasteiger partial charge on any atom is 0.182 e. The van der Waals surface area contributed by atoms with Gasteiger partial charge in [-0.15, -0.1) is 0 Å². The van der Waals surface area contributed by atoms with E-state index in [2.05, 4.69) is 27.4 Å². The Morgan fingerprint density at radius 1 is 1.41 bits per heavy atom. The topological polar surface area (TPSA) is 60.5 Å². The monoisotopic (exact) mass is 263 g/mol. The lowest BCUT2D eigenvalue weighted by molar-refractivity contribution is 0.415. The molecule has 6 heteroatoms. The van der Waals surface area contributed by atoms with Gasteiger partial charge in [0.25, 0.3) is 0 Å². The molecule has 0 aliphatic carbocycles. The van der Waals surface area contributed by atoms with Gasteiger partial charge in [0.1, 0.15) is 11.4 Å². The number of rotatable bonds is 3. The van der Waals surface area contributed by atoms with E-state index < -0.39 is 0 Å². The van der Waals surface area contributed by atoms with Crippen molar-refractivity contribution < 1.29 is 4.74 Å². The van der Waals surface area contributed by atoms with E-state index in [-0.39, 0.29) is 0 Å². The predicted molar refractivity (Wildman–Crippen MR) is 73.2 cm³/mol. The number of methoxy groups -OCH3 is 1. The number of aliphatic imine (C=N–C) groups is 1. The zero-order valence-corrected chi connectivity index (χ0v) is 10.6. The Bertz CT molecular complexity index is 571. The number of hydrogen-bond donors (Lipinski definition) is 1. The van der Waals surface area contributed by atoms with Crippen LogP contribution < -0.4 is 10.5 Å². The molecule has 0 aliphatic rings. The van der Waals surface area contributed by atoms with Gasteiger partial charge < -0.3 is 10.5 Å². The van der Waals surface area contributed by atoms with Crippen LogP contribution in [0.3, 0.4) is 0 Å². The second-order valence-corrected chi connectivity index (χ2v) is 4.33. The molecule has 0 radical (unpaired) electrons. The third-order valence-corrected chi connectivity index (χ3v) is 3.01. The molecule has 1 aromatic heterocycles. The van der Waals surface area contributed by atoms with Gasteiger partial charge in [0.05, 0.1) is 12.3 Å². The van der Waals surface area contributed by atoms with Crippen LogP contribution in [0.25, 0.3) is 11.3 Å². The Morgan fingerprint density at radius 2 is 2.12 bits per heavy atom. The molecule has 2 rings (SSSR count). The van der Waals surface area contributed by atoms with E-state index in [4.69, 9.17) is 10.5 Å². The van der Waals surface area contributed by atoms with Crippen molar-refractivity contribution in [1.82, 2.24) is 4.98 Å². The Hall–Kier alpha value is -1.75. The van der Waals surface area contributed by atoms with E-state index >= 15 is 0 Å². The number of hydrogen-bond acceptors (Lipinski definition) is 6. The summed E-state index contributed by atoms with van der Waals surface area (Å²) in [6.45, 7) is 0. The molecule has 17 heavy (non-hydrogen) atoms. The summed E-state index contributed by atoms with van der Waals surface area (Å²) in [6.07, 6.45) is 0. The highest BCUT2D eigenvalue weighted by atomic mass is 32.1. The van der Waals surface area contributed by atoms with Crippen molar-refractivity contribution in [2.75, 3.05) is 12.8 Å². The maximum absolute atomic E-state index is 5.66. The number of isothiocyanates is 1. The van der Waals surface area contributed by atoms with E-state index in [9.17, 15) is 0 Å². The number of nitrogen functional groups attached to an aromatic ring is 1. The summed E-state index contributed by atoms with van der Waals surface area (Å²) < 4.78 is 5.09. The minimum Gasteiger partial charge on any atom is -0.497 e. The fraction of sp³-hybridized carbons (Fsp3) is 0.0909.